The number of aromatic nitrogens is 2. The van der Waals surface area contributed by atoms with Crippen molar-refractivity contribution in [3.63, 3.8) is 0 Å². The average molecular weight is 328 g/mol. The lowest BCUT2D eigenvalue weighted by Gasteiger charge is -2.11. The summed E-state index contributed by atoms with van der Waals surface area (Å²) in [6, 6.07) is 10.00. The number of anilines is 2. The molecule has 1 aromatic carbocycles. The molecule has 2 N–H and O–H groups in total. The molecule has 6 nitrogen and oxygen atoms in total. The summed E-state index contributed by atoms with van der Waals surface area (Å²) in [5.41, 5.74) is 1.26. The van der Waals surface area contributed by atoms with Gasteiger partial charge in [0.25, 0.3) is 0 Å². The molecule has 0 aliphatic carbocycles. The fourth-order valence-electron chi connectivity index (χ4n) is 2.68. The molecule has 0 radical (unpaired) electrons. The molecule has 1 saturated heterocycles. The van der Waals surface area contributed by atoms with E-state index in [-0.39, 0.29) is 6.10 Å². The molecule has 1 unspecified atom stereocenters. The Morgan fingerprint density at radius 2 is 2.08 bits per heavy atom. The number of nitrogens with one attached hydrogen (secondary N) is 2. The lowest BCUT2D eigenvalue weighted by Crippen LogP contribution is -2.19. The summed E-state index contributed by atoms with van der Waals surface area (Å²) < 4.78 is 10.8. The Kier molecular flexibility index (Phi) is 5.85. The summed E-state index contributed by atoms with van der Waals surface area (Å²) in [7, 11) is 1.68. The van der Waals surface area contributed by atoms with Crippen LogP contribution in [0.3, 0.4) is 0 Å². The number of rotatable bonds is 8. The average Bonchev–Trinajstić information content (AvgIpc) is 3.15. The molecule has 1 atom stereocenters. The summed E-state index contributed by atoms with van der Waals surface area (Å²) in [6.45, 7) is 2.43. The Morgan fingerprint density at radius 3 is 2.83 bits per heavy atom. The topological polar surface area (TPSA) is 68.3 Å². The number of hydrogen-bond acceptors (Lipinski definition) is 6. The Morgan fingerprint density at radius 1 is 1.21 bits per heavy atom. The van der Waals surface area contributed by atoms with E-state index < -0.39 is 0 Å². The van der Waals surface area contributed by atoms with E-state index >= 15 is 0 Å². The zero-order chi connectivity index (χ0) is 16.6. The minimum atomic E-state index is 0.278. The maximum absolute atomic E-state index is 5.59. The lowest BCUT2D eigenvalue weighted by molar-refractivity contribution is 0.120. The van der Waals surface area contributed by atoms with Crippen molar-refractivity contribution in [1.29, 1.82) is 0 Å². The Bertz CT molecular complexity index is 627. The minimum absolute atomic E-state index is 0.278. The van der Waals surface area contributed by atoms with E-state index in [1.54, 1.807) is 13.3 Å². The molecule has 128 valence electrons. The summed E-state index contributed by atoms with van der Waals surface area (Å²) in [5.74, 6) is 2.35. The van der Waals surface area contributed by atoms with Gasteiger partial charge >= 0.3 is 0 Å². The molecule has 2 heterocycles. The summed E-state index contributed by atoms with van der Waals surface area (Å²) in [6.07, 6.45) is 5.21. The zero-order valence-corrected chi connectivity index (χ0v) is 14.0. The van der Waals surface area contributed by atoms with E-state index in [1.807, 2.05) is 18.2 Å². The Hall–Kier alpha value is -2.34. The van der Waals surface area contributed by atoms with Crippen molar-refractivity contribution in [3.05, 3.63) is 42.1 Å². The summed E-state index contributed by atoms with van der Waals surface area (Å²) >= 11 is 0. The Labute approximate surface area is 142 Å². The summed E-state index contributed by atoms with van der Waals surface area (Å²) in [4.78, 5) is 8.74. The van der Waals surface area contributed by atoms with Crippen LogP contribution in [0.1, 0.15) is 18.4 Å². The lowest BCUT2D eigenvalue weighted by atomic mass is 10.1. The molecule has 3 rings (SSSR count). The van der Waals surface area contributed by atoms with Crippen LogP contribution in [-0.2, 0) is 11.2 Å². The van der Waals surface area contributed by atoms with E-state index in [4.69, 9.17) is 9.47 Å². The van der Waals surface area contributed by atoms with E-state index in [9.17, 15) is 0 Å². The maximum atomic E-state index is 5.59. The van der Waals surface area contributed by atoms with E-state index in [0.29, 0.717) is 5.95 Å². The van der Waals surface area contributed by atoms with Gasteiger partial charge in [0.2, 0.25) is 5.95 Å². The van der Waals surface area contributed by atoms with E-state index in [0.717, 1.165) is 50.5 Å². The van der Waals surface area contributed by atoms with Gasteiger partial charge in [0, 0.05) is 25.9 Å². The highest BCUT2D eigenvalue weighted by Gasteiger charge is 2.15. The third-order valence-corrected chi connectivity index (χ3v) is 4.05. The van der Waals surface area contributed by atoms with Gasteiger partial charge in [0.1, 0.15) is 11.6 Å². The SMILES string of the molecule is COc1ccc(CCNc2ccnc(NCC3CCCO3)n2)cc1. The fraction of sp³-hybridized carbons (Fsp3) is 0.444. The van der Waals surface area contributed by atoms with Crippen LogP contribution in [0.4, 0.5) is 11.8 Å². The van der Waals surface area contributed by atoms with Crippen molar-refractivity contribution in [2.45, 2.75) is 25.4 Å². The smallest absolute Gasteiger partial charge is 0.224 e. The zero-order valence-electron chi connectivity index (χ0n) is 14.0. The van der Waals surface area contributed by atoms with E-state index in [2.05, 4.69) is 32.7 Å². The molecule has 1 aromatic heterocycles. The van der Waals surface area contributed by atoms with Gasteiger partial charge in [-0.25, -0.2) is 4.98 Å². The second-order valence-electron chi connectivity index (χ2n) is 5.81. The number of ether oxygens (including phenoxy) is 2. The van der Waals surface area contributed by atoms with Crippen molar-refractivity contribution in [2.75, 3.05) is 37.4 Å². The van der Waals surface area contributed by atoms with Crippen LogP contribution in [0.2, 0.25) is 0 Å². The third-order valence-electron chi connectivity index (χ3n) is 4.05. The molecule has 0 bridgehead atoms. The molecular formula is C18H24N4O2. The first kappa shape index (κ1) is 16.5. The largest absolute Gasteiger partial charge is 0.497 e. The molecule has 6 heteroatoms. The highest BCUT2D eigenvalue weighted by atomic mass is 16.5. The van der Waals surface area contributed by atoms with Crippen LogP contribution in [0.5, 0.6) is 5.75 Å². The van der Waals surface area contributed by atoms with Crippen LogP contribution in [-0.4, -0.2) is 42.9 Å². The monoisotopic (exact) mass is 328 g/mol. The number of methoxy groups -OCH3 is 1. The highest BCUT2D eigenvalue weighted by Crippen LogP contribution is 2.14. The number of nitrogens with zero attached hydrogens (tertiary/aromatic N) is 2. The van der Waals surface area contributed by atoms with Crippen molar-refractivity contribution < 1.29 is 9.47 Å². The molecule has 1 fully saturated rings. The Balaban J connectivity index is 1.45. The first-order chi connectivity index (χ1) is 11.8. The molecule has 24 heavy (non-hydrogen) atoms. The first-order valence-corrected chi connectivity index (χ1v) is 8.39. The van der Waals surface area contributed by atoms with Gasteiger partial charge in [-0.2, -0.15) is 4.98 Å². The van der Waals surface area contributed by atoms with E-state index in [1.165, 1.54) is 5.56 Å². The van der Waals surface area contributed by atoms with Crippen molar-refractivity contribution in [1.82, 2.24) is 9.97 Å². The van der Waals surface area contributed by atoms with Crippen LogP contribution in [0, 0.1) is 0 Å². The maximum Gasteiger partial charge on any atom is 0.224 e. The first-order valence-electron chi connectivity index (χ1n) is 8.39. The van der Waals surface area contributed by atoms with Gasteiger partial charge in [-0.3, -0.25) is 0 Å². The van der Waals surface area contributed by atoms with Crippen molar-refractivity contribution in [2.24, 2.45) is 0 Å². The molecule has 1 aliphatic rings. The normalized spacial score (nSPS) is 16.8. The van der Waals surface area contributed by atoms with Crippen LogP contribution in [0.15, 0.2) is 36.5 Å². The quantitative estimate of drug-likeness (QED) is 0.776. The van der Waals surface area contributed by atoms with Gasteiger partial charge in [0.05, 0.1) is 13.2 Å². The van der Waals surface area contributed by atoms with Crippen molar-refractivity contribution >= 4 is 11.8 Å². The standard InChI is InChI=1S/C18H24N4O2/c1-23-15-6-4-14(5-7-15)8-10-19-17-9-11-20-18(22-17)21-13-16-3-2-12-24-16/h4-7,9,11,16H,2-3,8,10,12-13H2,1H3,(H2,19,20,21,22). The van der Waals surface area contributed by atoms with Gasteiger partial charge in [-0.1, -0.05) is 12.1 Å². The second-order valence-corrected chi connectivity index (χ2v) is 5.81. The molecule has 2 aromatic rings. The van der Waals surface area contributed by atoms with Gasteiger partial charge in [-0.05, 0) is 43.0 Å². The number of benzene rings is 1. The predicted molar refractivity (Wildman–Crippen MR) is 94.7 cm³/mol. The van der Waals surface area contributed by atoms with Crippen LogP contribution < -0.4 is 15.4 Å². The van der Waals surface area contributed by atoms with Gasteiger partial charge < -0.3 is 20.1 Å². The van der Waals surface area contributed by atoms with Gasteiger partial charge in [-0.15, -0.1) is 0 Å². The molecule has 0 saturated carbocycles. The van der Waals surface area contributed by atoms with Crippen LogP contribution in [0.25, 0.3) is 0 Å². The third kappa shape index (κ3) is 4.83. The van der Waals surface area contributed by atoms with Gasteiger partial charge in [0.15, 0.2) is 0 Å². The summed E-state index contributed by atoms with van der Waals surface area (Å²) in [5, 5.41) is 6.58. The van der Waals surface area contributed by atoms with Crippen molar-refractivity contribution in [3.8, 4) is 5.75 Å². The highest BCUT2D eigenvalue weighted by molar-refractivity contribution is 5.40. The minimum Gasteiger partial charge on any atom is -0.497 e. The molecular weight excluding hydrogens is 304 g/mol. The number of hydrogen-bond donors (Lipinski definition) is 2. The fourth-order valence-corrected chi connectivity index (χ4v) is 2.68. The molecule has 1 aliphatic heterocycles. The predicted octanol–water partition coefficient (Wildman–Crippen LogP) is 2.73. The molecule has 0 spiro atoms. The van der Waals surface area contributed by atoms with Crippen LogP contribution >= 0.6 is 0 Å². The second kappa shape index (κ2) is 8.49. The molecule has 0 amide bonds.